The third-order valence-electron chi connectivity index (χ3n) is 3.57. The molecule has 1 saturated carbocycles. The van der Waals surface area contributed by atoms with Gasteiger partial charge in [-0.2, -0.15) is 13.2 Å². The van der Waals surface area contributed by atoms with E-state index in [1.807, 2.05) is 0 Å². The number of halogens is 3. The molecule has 2 rings (SSSR count). The number of aryl methyl sites for hydroxylation is 1. The fraction of sp³-hybridized carbons (Fsp3) is 0.750. The molecule has 1 aliphatic rings. The van der Waals surface area contributed by atoms with E-state index in [2.05, 4.69) is 10.2 Å². The fourth-order valence-electron chi connectivity index (χ4n) is 2.41. The van der Waals surface area contributed by atoms with Crippen LogP contribution in [-0.4, -0.2) is 27.4 Å². The molecule has 1 N–H and O–H groups in total. The first kappa shape index (κ1) is 14.8. The van der Waals surface area contributed by atoms with Crippen molar-refractivity contribution in [1.29, 1.82) is 0 Å². The van der Waals surface area contributed by atoms with E-state index >= 15 is 0 Å². The Balaban J connectivity index is 1.89. The number of aliphatic carboxylic acids is 1. The summed E-state index contributed by atoms with van der Waals surface area (Å²) in [5, 5.41) is 16.1. The maximum absolute atomic E-state index is 12.5. The van der Waals surface area contributed by atoms with Crippen LogP contribution in [0.1, 0.15) is 49.8 Å². The average molecular weight is 292 g/mol. The van der Waals surface area contributed by atoms with Gasteiger partial charge in [-0.3, -0.25) is 4.79 Å². The summed E-state index contributed by atoms with van der Waals surface area (Å²) in [5.74, 6) is -1.81. The lowest BCUT2D eigenvalue weighted by Gasteiger charge is -2.27. The number of rotatable bonds is 4. The molecule has 20 heavy (non-hydrogen) atoms. The summed E-state index contributed by atoms with van der Waals surface area (Å²) in [7, 11) is 0. The Morgan fingerprint density at radius 3 is 2.45 bits per heavy atom. The highest BCUT2D eigenvalue weighted by Crippen LogP contribution is 2.42. The predicted molar refractivity (Wildman–Crippen MR) is 61.0 cm³/mol. The van der Waals surface area contributed by atoms with E-state index in [4.69, 9.17) is 9.52 Å². The number of aromatic nitrogens is 2. The van der Waals surface area contributed by atoms with Crippen molar-refractivity contribution in [1.82, 2.24) is 10.2 Å². The summed E-state index contributed by atoms with van der Waals surface area (Å²) in [6, 6.07) is 0. The molecule has 1 aliphatic carbocycles. The van der Waals surface area contributed by atoms with Gasteiger partial charge in [-0.15, -0.1) is 10.2 Å². The van der Waals surface area contributed by atoms with Crippen molar-refractivity contribution in [2.75, 3.05) is 0 Å². The second kappa shape index (κ2) is 5.80. The van der Waals surface area contributed by atoms with Gasteiger partial charge < -0.3 is 9.52 Å². The van der Waals surface area contributed by atoms with Crippen LogP contribution in [-0.2, 0) is 11.2 Å². The minimum atomic E-state index is -4.13. The largest absolute Gasteiger partial charge is 0.481 e. The standard InChI is InChI=1S/C12H15F3N2O3/c13-12(14,15)8-3-1-7(2-4-8)11-17-16-9(20-11)5-6-10(18)19/h7-8H,1-6H2,(H,18,19). The normalized spacial score (nSPS) is 23.8. The summed E-state index contributed by atoms with van der Waals surface area (Å²) in [5.41, 5.74) is 0. The molecule has 0 atom stereocenters. The summed E-state index contributed by atoms with van der Waals surface area (Å²) in [6.07, 6.45) is -3.23. The molecule has 5 nitrogen and oxygen atoms in total. The maximum atomic E-state index is 12.5. The highest BCUT2D eigenvalue weighted by molar-refractivity contribution is 5.66. The third-order valence-corrected chi connectivity index (χ3v) is 3.57. The van der Waals surface area contributed by atoms with Crippen LogP contribution in [0.15, 0.2) is 4.42 Å². The molecular weight excluding hydrogens is 277 g/mol. The number of alkyl halides is 3. The molecular formula is C12H15F3N2O3. The lowest BCUT2D eigenvalue weighted by atomic mass is 9.81. The van der Waals surface area contributed by atoms with Gasteiger partial charge in [0.2, 0.25) is 11.8 Å². The van der Waals surface area contributed by atoms with Crippen LogP contribution in [0.3, 0.4) is 0 Å². The van der Waals surface area contributed by atoms with E-state index in [0.717, 1.165) is 0 Å². The van der Waals surface area contributed by atoms with E-state index < -0.39 is 18.1 Å². The van der Waals surface area contributed by atoms with Gasteiger partial charge in [-0.05, 0) is 25.7 Å². The van der Waals surface area contributed by atoms with Crippen molar-refractivity contribution in [3.05, 3.63) is 11.8 Å². The Bertz CT molecular complexity index is 465. The Kier molecular flexibility index (Phi) is 4.29. The number of carboxylic acids is 1. The molecule has 0 saturated heterocycles. The highest BCUT2D eigenvalue weighted by Gasteiger charge is 2.42. The zero-order valence-corrected chi connectivity index (χ0v) is 10.7. The van der Waals surface area contributed by atoms with Crippen LogP contribution >= 0.6 is 0 Å². The summed E-state index contributed by atoms with van der Waals surface area (Å²) < 4.78 is 43.0. The Hall–Kier alpha value is -1.60. The monoisotopic (exact) mass is 292 g/mol. The van der Waals surface area contributed by atoms with Crippen molar-refractivity contribution >= 4 is 5.97 Å². The molecule has 0 aliphatic heterocycles. The lowest BCUT2D eigenvalue weighted by molar-refractivity contribution is -0.182. The number of nitrogens with zero attached hydrogens (tertiary/aromatic N) is 2. The molecule has 1 aromatic heterocycles. The fourth-order valence-corrected chi connectivity index (χ4v) is 2.41. The molecule has 0 spiro atoms. The zero-order valence-electron chi connectivity index (χ0n) is 10.7. The quantitative estimate of drug-likeness (QED) is 0.923. The molecule has 0 aromatic carbocycles. The molecule has 112 valence electrons. The molecule has 0 radical (unpaired) electrons. The van der Waals surface area contributed by atoms with Crippen LogP contribution in [0, 0.1) is 5.92 Å². The summed E-state index contributed by atoms with van der Waals surface area (Å²) in [4.78, 5) is 10.4. The van der Waals surface area contributed by atoms with Gasteiger partial charge in [0.15, 0.2) is 0 Å². The summed E-state index contributed by atoms with van der Waals surface area (Å²) in [6.45, 7) is 0. The zero-order chi connectivity index (χ0) is 14.8. The van der Waals surface area contributed by atoms with Crippen LogP contribution in [0.4, 0.5) is 13.2 Å². The van der Waals surface area contributed by atoms with Crippen molar-refractivity contribution in [3.63, 3.8) is 0 Å². The van der Waals surface area contributed by atoms with Crippen LogP contribution < -0.4 is 0 Å². The predicted octanol–water partition coefficient (Wildman–Crippen LogP) is 2.92. The van der Waals surface area contributed by atoms with Gasteiger partial charge in [0.25, 0.3) is 0 Å². The van der Waals surface area contributed by atoms with E-state index in [-0.39, 0.29) is 37.5 Å². The van der Waals surface area contributed by atoms with Gasteiger partial charge in [-0.1, -0.05) is 0 Å². The van der Waals surface area contributed by atoms with E-state index in [9.17, 15) is 18.0 Å². The van der Waals surface area contributed by atoms with Gasteiger partial charge in [-0.25, -0.2) is 0 Å². The highest BCUT2D eigenvalue weighted by atomic mass is 19.4. The first-order valence-electron chi connectivity index (χ1n) is 6.47. The number of hydrogen-bond donors (Lipinski definition) is 1. The van der Waals surface area contributed by atoms with Gasteiger partial charge in [0, 0.05) is 12.3 Å². The second-order valence-corrected chi connectivity index (χ2v) is 5.02. The van der Waals surface area contributed by atoms with Crippen molar-refractivity contribution in [2.45, 2.75) is 50.6 Å². The van der Waals surface area contributed by atoms with Gasteiger partial charge >= 0.3 is 12.1 Å². The molecule has 1 aromatic rings. The van der Waals surface area contributed by atoms with Crippen molar-refractivity contribution < 1.29 is 27.5 Å². The number of carbonyl (C=O) groups is 1. The lowest BCUT2D eigenvalue weighted by Crippen LogP contribution is -2.27. The van der Waals surface area contributed by atoms with Crippen LogP contribution in [0.2, 0.25) is 0 Å². The van der Waals surface area contributed by atoms with E-state index in [1.165, 1.54) is 0 Å². The smallest absolute Gasteiger partial charge is 0.391 e. The first-order valence-corrected chi connectivity index (χ1v) is 6.47. The molecule has 1 fully saturated rings. The topological polar surface area (TPSA) is 76.2 Å². The molecule has 0 unspecified atom stereocenters. The van der Waals surface area contributed by atoms with Crippen LogP contribution in [0.5, 0.6) is 0 Å². The number of carboxylic acid groups (broad SMARTS) is 1. The van der Waals surface area contributed by atoms with Crippen LogP contribution in [0.25, 0.3) is 0 Å². The number of hydrogen-bond acceptors (Lipinski definition) is 4. The summed E-state index contributed by atoms with van der Waals surface area (Å²) >= 11 is 0. The molecule has 0 amide bonds. The minimum Gasteiger partial charge on any atom is -0.481 e. The van der Waals surface area contributed by atoms with Crippen molar-refractivity contribution in [2.24, 2.45) is 5.92 Å². The third kappa shape index (κ3) is 3.71. The van der Waals surface area contributed by atoms with Crippen molar-refractivity contribution in [3.8, 4) is 0 Å². The maximum Gasteiger partial charge on any atom is 0.391 e. The minimum absolute atomic E-state index is 0.0704. The average Bonchev–Trinajstić information content (AvgIpc) is 2.84. The van der Waals surface area contributed by atoms with Gasteiger partial charge in [0.05, 0.1) is 12.3 Å². The first-order chi connectivity index (χ1) is 9.36. The SMILES string of the molecule is O=C(O)CCc1nnc(C2CCC(C(F)(F)F)CC2)o1. The molecule has 8 heteroatoms. The Morgan fingerprint density at radius 2 is 1.90 bits per heavy atom. The van der Waals surface area contributed by atoms with E-state index in [1.54, 1.807) is 0 Å². The van der Waals surface area contributed by atoms with Gasteiger partial charge in [0.1, 0.15) is 0 Å². The Labute approximate surface area is 113 Å². The molecule has 0 bridgehead atoms. The second-order valence-electron chi connectivity index (χ2n) is 5.02. The molecule has 1 heterocycles. The van der Waals surface area contributed by atoms with E-state index in [0.29, 0.717) is 18.7 Å². The Morgan fingerprint density at radius 1 is 1.25 bits per heavy atom.